The Balaban J connectivity index is 1.88. The van der Waals surface area contributed by atoms with Gasteiger partial charge >= 0.3 is 6.03 Å². The van der Waals surface area contributed by atoms with Crippen LogP contribution in [0.15, 0.2) is 48.8 Å². The lowest BCUT2D eigenvalue weighted by atomic mass is 10.0. The molecule has 1 saturated heterocycles. The number of imide groups is 1. The van der Waals surface area contributed by atoms with Crippen LogP contribution in [0.3, 0.4) is 0 Å². The van der Waals surface area contributed by atoms with E-state index in [0.717, 1.165) is 17.8 Å². The minimum Gasteiger partial charge on any atom is -0.369 e. The van der Waals surface area contributed by atoms with Crippen molar-refractivity contribution in [3.05, 3.63) is 54.4 Å². The molecule has 3 rings (SSSR count). The Morgan fingerprint density at radius 1 is 1.04 bits per heavy atom. The lowest BCUT2D eigenvalue weighted by Gasteiger charge is -2.28. The number of hydrogen-bond acceptors (Lipinski definition) is 4. The maximum Gasteiger partial charge on any atom is 0.332 e. The number of nitrogens with zero attached hydrogens (tertiary/aromatic N) is 4. The van der Waals surface area contributed by atoms with E-state index in [9.17, 15) is 9.59 Å². The number of amides is 3. The Labute approximate surface area is 166 Å². The average molecular weight is 380 g/mol. The molecule has 6 heteroatoms. The first-order valence-corrected chi connectivity index (χ1v) is 9.69. The molecule has 0 aliphatic carbocycles. The molecule has 3 amide bonds. The topological polar surface area (TPSA) is 56.8 Å². The molecule has 1 aromatic heterocycles. The Bertz CT molecular complexity index is 847. The highest BCUT2D eigenvalue weighted by Gasteiger charge is 2.51. The lowest BCUT2D eigenvalue weighted by molar-refractivity contribution is -0.123. The highest BCUT2D eigenvalue weighted by Crippen LogP contribution is 2.34. The monoisotopic (exact) mass is 380 g/mol. The standard InChI is InChI=1S/C22H28N4O2/c1-6-24(16(2)3)18-7-9-19(10-8-18)26-20(27)22(4,5)25(21(26)28)15-17-11-13-23-14-12-17/h7-14,16H,6,15H2,1-5H3. The first kappa shape index (κ1) is 19.9. The molecule has 0 N–H and O–H groups in total. The van der Waals surface area contributed by atoms with E-state index < -0.39 is 5.54 Å². The number of hydrogen-bond donors (Lipinski definition) is 0. The molecule has 1 fully saturated rings. The van der Waals surface area contributed by atoms with E-state index in [1.165, 1.54) is 4.90 Å². The predicted molar refractivity (Wildman–Crippen MR) is 111 cm³/mol. The Kier molecular flexibility index (Phi) is 5.40. The molecule has 0 spiro atoms. The summed E-state index contributed by atoms with van der Waals surface area (Å²) in [5.41, 5.74) is 1.71. The van der Waals surface area contributed by atoms with Crippen LogP contribution in [-0.4, -0.2) is 39.9 Å². The van der Waals surface area contributed by atoms with E-state index in [2.05, 4.69) is 30.7 Å². The second kappa shape index (κ2) is 7.62. The summed E-state index contributed by atoms with van der Waals surface area (Å²) < 4.78 is 0. The van der Waals surface area contributed by atoms with Gasteiger partial charge in [0.1, 0.15) is 5.54 Å². The second-order valence-corrected chi connectivity index (χ2v) is 7.82. The summed E-state index contributed by atoms with van der Waals surface area (Å²) >= 11 is 0. The van der Waals surface area contributed by atoms with Gasteiger partial charge in [0.25, 0.3) is 5.91 Å². The number of carbonyl (C=O) groups excluding carboxylic acids is 2. The molecular weight excluding hydrogens is 352 g/mol. The molecule has 6 nitrogen and oxygen atoms in total. The molecule has 1 aromatic carbocycles. The van der Waals surface area contributed by atoms with Crippen molar-refractivity contribution >= 4 is 23.3 Å². The third-order valence-electron chi connectivity index (χ3n) is 5.32. The summed E-state index contributed by atoms with van der Waals surface area (Å²) in [7, 11) is 0. The number of anilines is 2. The van der Waals surface area contributed by atoms with Crippen LogP contribution in [0.25, 0.3) is 0 Å². The zero-order valence-corrected chi connectivity index (χ0v) is 17.2. The fraction of sp³-hybridized carbons (Fsp3) is 0.409. The normalized spacial score (nSPS) is 16.2. The van der Waals surface area contributed by atoms with Gasteiger partial charge in [-0.15, -0.1) is 0 Å². The first-order chi connectivity index (χ1) is 13.3. The summed E-state index contributed by atoms with van der Waals surface area (Å²) in [6.45, 7) is 11.2. The molecule has 0 radical (unpaired) electrons. The molecule has 0 bridgehead atoms. The zero-order valence-electron chi connectivity index (χ0n) is 17.2. The van der Waals surface area contributed by atoms with Gasteiger partial charge < -0.3 is 9.80 Å². The van der Waals surface area contributed by atoms with Crippen LogP contribution in [0.1, 0.15) is 40.2 Å². The summed E-state index contributed by atoms with van der Waals surface area (Å²) in [6, 6.07) is 11.4. The Morgan fingerprint density at radius 2 is 1.64 bits per heavy atom. The Morgan fingerprint density at radius 3 is 2.18 bits per heavy atom. The van der Waals surface area contributed by atoms with Crippen molar-refractivity contribution in [1.29, 1.82) is 0 Å². The van der Waals surface area contributed by atoms with Crippen LogP contribution >= 0.6 is 0 Å². The number of aromatic nitrogens is 1. The summed E-state index contributed by atoms with van der Waals surface area (Å²) in [4.78, 5) is 35.4. The quantitative estimate of drug-likeness (QED) is 0.709. The van der Waals surface area contributed by atoms with Crippen molar-refractivity contribution in [2.24, 2.45) is 0 Å². The zero-order chi connectivity index (χ0) is 20.5. The molecule has 1 aliphatic rings. The molecule has 2 heterocycles. The van der Waals surface area contributed by atoms with Crippen LogP contribution in [-0.2, 0) is 11.3 Å². The maximum atomic E-state index is 13.1. The van der Waals surface area contributed by atoms with Crippen LogP contribution in [0, 0.1) is 0 Å². The van der Waals surface area contributed by atoms with Crippen molar-refractivity contribution in [2.45, 2.75) is 52.7 Å². The summed E-state index contributed by atoms with van der Waals surface area (Å²) in [6.07, 6.45) is 3.38. The number of rotatable bonds is 6. The maximum absolute atomic E-state index is 13.1. The first-order valence-electron chi connectivity index (χ1n) is 9.69. The van der Waals surface area contributed by atoms with Crippen molar-refractivity contribution in [2.75, 3.05) is 16.3 Å². The highest BCUT2D eigenvalue weighted by atomic mass is 16.2. The van der Waals surface area contributed by atoms with Crippen LogP contribution < -0.4 is 9.80 Å². The summed E-state index contributed by atoms with van der Waals surface area (Å²) in [5, 5.41) is 0. The largest absolute Gasteiger partial charge is 0.369 e. The number of carbonyl (C=O) groups is 2. The number of pyridine rings is 1. The molecule has 28 heavy (non-hydrogen) atoms. The minimum atomic E-state index is -0.910. The van der Waals surface area contributed by atoms with E-state index in [4.69, 9.17) is 0 Å². The molecule has 0 saturated carbocycles. The van der Waals surface area contributed by atoms with Gasteiger partial charge in [-0.25, -0.2) is 9.69 Å². The molecule has 0 atom stereocenters. The third-order valence-corrected chi connectivity index (χ3v) is 5.32. The lowest BCUT2D eigenvalue weighted by Crippen LogP contribution is -2.43. The van der Waals surface area contributed by atoms with E-state index in [1.54, 1.807) is 31.1 Å². The molecule has 0 unspecified atom stereocenters. The average Bonchev–Trinajstić information content (AvgIpc) is 2.83. The van der Waals surface area contributed by atoms with E-state index in [-0.39, 0.29) is 11.9 Å². The fourth-order valence-corrected chi connectivity index (χ4v) is 3.64. The smallest absolute Gasteiger partial charge is 0.332 e. The van der Waals surface area contributed by atoms with Gasteiger partial charge in [0.15, 0.2) is 0 Å². The van der Waals surface area contributed by atoms with E-state index in [0.29, 0.717) is 18.3 Å². The van der Waals surface area contributed by atoms with Gasteiger partial charge in [-0.1, -0.05) is 0 Å². The van der Waals surface area contributed by atoms with Crippen molar-refractivity contribution in [3.8, 4) is 0 Å². The van der Waals surface area contributed by atoms with E-state index >= 15 is 0 Å². The van der Waals surface area contributed by atoms with Crippen LogP contribution in [0.4, 0.5) is 16.2 Å². The van der Waals surface area contributed by atoms with Gasteiger partial charge in [0.05, 0.1) is 5.69 Å². The fourth-order valence-electron chi connectivity index (χ4n) is 3.64. The molecule has 148 valence electrons. The van der Waals surface area contributed by atoms with Crippen LogP contribution in [0.2, 0.25) is 0 Å². The molecular formula is C22H28N4O2. The molecule has 1 aliphatic heterocycles. The number of benzene rings is 1. The van der Waals surface area contributed by atoms with Crippen molar-refractivity contribution in [3.63, 3.8) is 0 Å². The van der Waals surface area contributed by atoms with Crippen molar-refractivity contribution < 1.29 is 9.59 Å². The summed E-state index contributed by atoms with van der Waals surface area (Å²) in [5.74, 6) is -0.212. The third kappa shape index (κ3) is 3.46. The SMILES string of the molecule is CCN(c1ccc(N2C(=O)N(Cc3ccncc3)C(C)(C)C2=O)cc1)C(C)C. The van der Waals surface area contributed by atoms with E-state index in [1.807, 2.05) is 36.4 Å². The predicted octanol–water partition coefficient (Wildman–Crippen LogP) is 4.06. The highest BCUT2D eigenvalue weighted by molar-refractivity contribution is 6.22. The van der Waals surface area contributed by atoms with Gasteiger partial charge in [0.2, 0.25) is 0 Å². The van der Waals surface area contributed by atoms with Gasteiger partial charge in [-0.2, -0.15) is 0 Å². The van der Waals surface area contributed by atoms with Crippen molar-refractivity contribution in [1.82, 2.24) is 9.88 Å². The van der Waals surface area contributed by atoms with Gasteiger partial charge in [-0.3, -0.25) is 9.78 Å². The van der Waals surface area contributed by atoms with Crippen LogP contribution in [0.5, 0.6) is 0 Å². The van der Waals surface area contributed by atoms with Gasteiger partial charge in [0, 0.05) is 37.2 Å². The molecule has 2 aromatic rings. The minimum absolute atomic E-state index is 0.212. The second-order valence-electron chi connectivity index (χ2n) is 7.82. The number of urea groups is 1. The van der Waals surface area contributed by atoms with Gasteiger partial charge in [-0.05, 0) is 76.6 Å². The Hall–Kier alpha value is -2.89.